The Morgan fingerprint density at radius 3 is 2.25 bits per heavy atom. The van der Waals surface area contributed by atoms with E-state index < -0.39 is 6.10 Å². The minimum atomic E-state index is -0.470. The smallest absolute Gasteiger partial charge is 0.0772 e. The van der Waals surface area contributed by atoms with Crippen molar-refractivity contribution in [2.75, 3.05) is 0 Å². The lowest BCUT2D eigenvalue weighted by Gasteiger charge is -2.15. The highest BCUT2D eigenvalue weighted by Gasteiger charge is 2.12. The molecule has 4 heteroatoms. The zero-order chi connectivity index (χ0) is 12.3. The minimum absolute atomic E-state index is 0.157. The molecule has 1 rings (SSSR count). The molecule has 1 aromatic carbocycles. The Labute approximate surface area is 109 Å². The third-order valence-electron chi connectivity index (χ3n) is 2.42. The summed E-state index contributed by atoms with van der Waals surface area (Å²) in [5, 5.41) is 19.1. The largest absolute Gasteiger partial charge is 0.392 e. The van der Waals surface area contributed by atoms with Gasteiger partial charge in [0.2, 0.25) is 0 Å². The minimum Gasteiger partial charge on any atom is -0.392 e. The van der Waals surface area contributed by atoms with Crippen molar-refractivity contribution in [3.63, 3.8) is 0 Å². The molecule has 0 aromatic heterocycles. The van der Waals surface area contributed by atoms with Gasteiger partial charge in [0.1, 0.15) is 0 Å². The summed E-state index contributed by atoms with van der Waals surface area (Å²) in [4.78, 5) is 1.09. The molecule has 0 aliphatic carbocycles. The molecule has 0 spiro atoms. The molecule has 0 saturated heterocycles. The quantitative estimate of drug-likeness (QED) is 0.838. The first-order chi connectivity index (χ1) is 7.41. The lowest BCUT2D eigenvalue weighted by Crippen LogP contribution is -2.14. The van der Waals surface area contributed by atoms with Crippen LogP contribution in [-0.4, -0.2) is 21.6 Å². The van der Waals surface area contributed by atoms with E-state index in [1.165, 1.54) is 0 Å². The summed E-state index contributed by atoms with van der Waals surface area (Å²) >= 11 is 5.06. The predicted molar refractivity (Wildman–Crippen MR) is 71.8 cm³/mol. The fourth-order valence-corrected chi connectivity index (χ4v) is 3.05. The Bertz CT molecular complexity index is 353. The topological polar surface area (TPSA) is 40.5 Å². The Balaban J connectivity index is 2.81. The van der Waals surface area contributed by atoms with Crippen LogP contribution in [0.15, 0.2) is 27.6 Å². The van der Waals surface area contributed by atoms with Crippen molar-refractivity contribution in [1.82, 2.24) is 0 Å². The third kappa shape index (κ3) is 3.77. The molecule has 2 unspecified atom stereocenters. The van der Waals surface area contributed by atoms with Crippen LogP contribution in [0.1, 0.15) is 32.4 Å². The maximum Gasteiger partial charge on any atom is 0.0772 e. The van der Waals surface area contributed by atoms with Crippen LogP contribution >= 0.6 is 27.7 Å². The van der Waals surface area contributed by atoms with Crippen LogP contribution in [0.4, 0.5) is 0 Å². The first kappa shape index (κ1) is 14.0. The molecule has 0 saturated carbocycles. The molecule has 90 valence electrons. The molecule has 2 N–H and O–H groups in total. The third-order valence-corrected chi connectivity index (χ3v) is 4.40. The summed E-state index contributed by atoms with van der Waals surface area (Å²) in [7, 11) is 0. The van der Waals surface area contributed by atoms with Crippen LogP contribution in [0, 0.1) is 0 Å². The van der Waals surface area contributed by atoms with Gasteiger partial charge in [-0.25, -0.2) is 0 Å². The van der Waals surface area contributed by atoms with Gasteiger partial charge in [-0.1, -0.05) is 28.9 Å². The molecule has 0 heterocycles. The van der Waals surface area contributed by atoms with Gasteiger partial charge in [-0.15, -0.1) is 11.8 Å². The maximum atomic E-state index is 9.49. The predicted octanol–water partition coefficient (Wildman–Crippen LogP) is 3.36. The average molecular weight is 305 g/mol. The molecule has 0 amide bonds. The van der Waals surface area contributed by atoms with Gasteiger partial charge < -0.3 is 10.2 Å². The lowest BCUT2D eigenvalue weighted by atomic mass is 10.1. The van der Waals surface area contributed by atoms with Crippen LogP contribution in [0.5, 0.6) is 0 Å². The number of thioether (sulfide) groups is 1. The highest BCUT2D eigenvalue weighted by Crippen LogP contribution is 2.31. The van der Waals surface area contributed by atoms with Gasteiger partial charge in [0.15, 0.2) is 0 Å². The van der Waals surface area contributed by atoms with Crippen molar-refractivity contribution >= 4 is 27.7 Å². The van der Waals surface area contributed by atoms with Gasteiger partial charge in [-0.2, -0.15) is 0 Å². The van der Waals surface area contributed by atoms with Crippen molar-refractivity contribution in [2.24, 2.45) is 0 Å². The SMILES string of the molecule is CC(O)C(C)Sc1ccc([C@@H](C)O)c(Br)c1. The van der Waals surface area contributed by atoms with E-state index in [1.54, 1.807) is 25.6 Å². The molecular formula is C12H17BrO2S. The van der Waals surface area contributed by atoms with E-state index >= 15 is 0 Å². The number of hydrogen-bond donors (Lipinski definition) is 2. The fourth-order valence-electron chi connectivity index (χ4n) is 1.23. The maximum absolute atomic E-state index is 9.49. The van der Waals surface area contributed by atoms with Crippen molar-refractivity contribution < 1.29 is 10.2 Å². The molecule has 1 aromatic rings. The summed E-state index contributed by atoms with van der Waals surface area (Å²) in [5.74, 6) is 0. The summed E-state index contributed by atoms with van der Waals surface area (Å²) in [6.07, 6.45) is -0.803. The Morgan fingerprint density at radius 2 is 1.81 bits per heavy atom. The Morgan fingerprint density at radius 1 is 1.19 bits per heavy atom. The Kier molecular flexibility index (Phi) is 5.31. The molecule has 0 aliphatic rings. The van der Waals surface area contributed by atoms with Crippen molar-refractivity contribution in [2.45, 2.75) is 43.1 Å². The zero-order valence-electron chi connectivity index (χ0n) is 9.64. The molecule has 3 atom stereocenters. The van der Waals surface area contributed by atoms with Gasteiger partial charge in [0, 0.05) is 14.6 Å². The first-order valence-electron chi connectivity index (χ1n) is 5.24. The van der Waals surface area contributed by atoms with E-state index in [2.05, 4.69) is 15.9 Å². The van der Waals surface area contributed by atoms with Crippen LogP contribution in [0.2, 0.25) is 0 Å². The van der Waals surface area contributed by atoms with Crippen molar-refractivity contribution in [1.29, 1.82) is 0 Å². The molecular weight excluding hydrogens is 288 g/mol. The van der Waals surface area contributed by atoms with E-state index in [9.17, 15) is 10.2 Å². The van der Waals surface area contributed by atoms with Crippen LogP contribution in [0.3, 0.4) is 0 Å². The van der Waals surface area contributed by atoms with E-state index in [-0.39, 0.29) is 11.4 Å². The Hall–Kier alpha value is -0.0300. The van der Waals surface area contributed by atoms with Gasteiger partial charge in [0.05, 0.1) is 12.2 Å². The number of benzene rings is 1. The number of rotatable bonds is 4. The molecule has 2 nitrogen and oxygen atoms in total. The van der Waals surface area contributed by atoms with Crippen LogP contribution in [0.25, 0.3) is 0 Å². The summed E-state index contributed by atoms with van der Waals surface area (Å²) in [6.45, 7) is 5.52. The monoisotopic (exact) mass is 304 g/mol. The fraction of sp³-hybridized carbons (Fsp3) is 0.500. The van der Waals surface area contributed by atoms with E-state index in [1.807, 2.05) is 25.1 Å². The number of aliphatic hydroxyl groups excluding tert-OH is 2. The second-order valence-corrected chi connectivity index (χ2v) is 6.23. The molecule has 0 aliphatic heterocycles. The van der Waals surface area contributed by atoms with Crippen molar-refractivity contribution in [3.05, 3.63) is 28.2 Å². The van der Waals surface area contributed by atoms with Crippen LogP contribution < -0.4 is 0 Å². The van der Waals surface area contributed by atoms with E-state index in [4.69, 9.17) is 0 Å². The summed E-state index contributed by atoms with van der Waals surface area (Å²) < 4.78 is 0.908. The van der Waals surface area contributed by atoms with Crippen LogP contribution in [-0.2, 0) is 0 Å². The average Bonchev–Trinajstić information content (AvgIpc) is 2.16. The van der Waals surface area contributed by atoms with E-state index in [0.717, 1.165) is 14.9 Å². The van der Waals surface area contributed by atoms with Crippen molar-refractivity contribution in [3.8, 4) is 0 Å². The number of halogens is 1. The van der Waals surface area contributed by atoms with E-state index in [0.29, 0.717) is 0 Å². The van der Waals surface area contributed by atoms with Gasteiger partial charge >= 0.3 is 0 Å². The van der Waals surface area contributed by atoms with Gasteiger partial charge in [0.25, 0.3) is 0 Å². The number of hydrogen-bond acceptors (Lipinski definition) is 3. The second-order valence-electron chi connectivity index (χ2n) is 3.92. The highest BCUT2D eigenvalue weighted by molar-refractivity contribution is 9.10. The van der Waals surface area contributed by atoms with Gasteiger partial charge in [-0.3, -0.25) is 0 Å². The van der Waals surface area contributed by atoms with Gasteiger partial charge in [-0.05, 0) is 31.5 Å². The molecule has 0 fully saturated rings. The summed E-state index contributed by atoms with van der Waals surface area (Å²) in [5.41, 5.74) is 0.883. The first-order valence-corrected chi connectivity index (χ1v) is 6.91. The molecule has 16 heavy (non-hydrogen) atoms. The summed E-state index contributed by atoms with van der Waals surface area (Å²) in [6, 6.07) is 5.85. The molecule has 0 radical (unpaired) electrons. The zero-order valence-corrected chi connectivity index (χ0v) is 12.0. The highest BCUT2D eigenvalue weighted by atomic mass is 79.9. The second kappa shape index (κ2) is 6.05. The standard InChI is InChI=1S/C12H17BrO2S/c1-7(14)9(3)16-10-4-5-11(8(2)15)12(13)6-10/h4-9,14-15H,1-3H3/t7?,8-,9?/m1/s1. The molecule has 0 bridgehead atoms. The lowest BCUT2D eigenvalue weighted by molar-refractivity contribution is 0.196. The number of aliphatic hydroxyl groups is 2. The normalized spacial score (nSPS) is 16.9.